The summed E-state index contributed by atoms with van der Waals surface area (Å²) in [4.78, 5) is 16.0. The van der Waals surface area contributed by atoms with Crippen molar-refractivity contribution in [2.75, 3.05) is 40.8 Å². The van der Waals surface area contributed by atoms with Gasteiger partial charge in [-0.25, -0.2) is 0 Å². The molecule has 0 radical (unpaired) electrons. The Morgan fingerprint density at radius 3 is 2.70 bits per heavy atom. The lowest BCUT2D eigenvalue weighted by Gasteiger charge is -2.28. The monoisotopic (exact) mass is 285 g/mol. The molecule has 2 N–H and O–H groups in total. The fourth-order valence-corrected chi connectivity index (χ4v) is 2.95. The smallest absolute Gasteiger partial charge is 0.323 e. The van der Waals surface area contributed by atoms with Crippen LogP contribution >= 0.6 is 0 Å². The summed E-state index contributed by atoms with van der Waals surface area (Å²) >= 11 is 0. The Balaban J connectivity index is 2.28. The van der Waals surface area contributed by atoms with Crippen LogP contribution in [0.4, 0.5) is 0 Å². The van der Waals surface area contributed by atoms with Crippen LogP contribution < -0.4 is 5.32 Å². The van der Waals surface area contributed by atoms with E-state index in [-0.39, 0.29) is 0 Å². The van der Waals surface area contributed by atoms with Gasteiger partial charge in [0.2, 0.25) is 0 Å². The van der Waals surface area contributed by atoms with Crippen molar-refractivity contribution in [1.29, 1.82) is 0 Å². The average Bonchev–Trinajstić information content (AvgIpc) is 2.80. The van der Waals surface area contributed by atoms with E-state index < -0.39 is 11.5 Å². The number of rotatable bonds is 9. The Bertz CT molecular complexity index is 309. The molecule has 20 heavy (non-hydrogen) atoms. The average molecular weight is 285 g/mol. The highest BCUT2D eigenvalue weighted by Crippen LogP contribution is 2.20. The summed E-state index contributed by atoms with van der Waals surface area (Å²) in [7, 11) is 5.98. The molecule has 1 rings (SSSR count). The van der Waals surface area contributed by atoms with Crippen molar-refractivity contribution in [3.63, 3.8) is 0 Å². The van der Waals surface area contributed by atoms with Crippen molar-refractivity contribution in [3.8, 4) is 0 Å². The molecule has 1 saturated heterocycles. The van der Waals surface area contributed by atoms with Crippen LogP contribution in [0.1, 0.15) is 39.0 Å². The molecule has 0 bridgehead atoms. The molecule has 2 atom stereocenters. The van der Waals surface area contributed by atoms with E-state index in [2.05, 4.69) is 29.2 Å². The highest BCUT2D eigenvalue weighted by Gasteiger charge is 2.30. The molecule has 1 aliphatic rings. The predicted octanol–water partition coefficient (Wildman–Crippen LogP) is 1.25. The third kappa shape index (κ3) is 5.04. The molecule has 0 aromatic rings. The van der Waals surface area contributed by atoms with Crippen LogP contribution in [0.25, 0.3) is 0 Å². The second-order valence-electron chi connectivity index (χ2n) is 6.44. The summed E-state index contributed by atoms with van der Waals surface area (Å²) in [5.41, 5.74) is -0.784. The lowest BCUT2D eigenvalue weighted by Crippen LogP contribution is -2.47. The van der Waals surface area contributed by atoms with E-state index in [1.165, 1.54) is 19.4 Å². The van der Waals surface area contributed by atoms with Gasteiger partial charge in [0.1, 0.15) is 5.54 Å². The molecule has 0 saturated carbocycles. The Hall–Kier alpha value is -0.650. The van der Waals surface area contributed by atoms with Gasteiger partial charge in [0.05, 0.1) is 0 Å². The summed E-state index contributed by atoms with van der Waals surface area (Å²) in [5, 5.41) is 12.1. The summed E-state index contributed by atoms with van der Waals surface area (Å²) in [6.45, 7) is 5.18. The maximum absolute atomic E-state index is 11.2. The van der Waals surface area contributed by atoms with Crippen molar-refractivity contribution in [1.82, 2.24) is 15.1 Å². The van der Waals surface area contributed by atoms with Gasteiger partial charge in [-0.1, -0.05) is 0 Å². The van der Waals surface area contributed by atoms with Crippen molar-refractivity contribution >= 4 is 5.97 Å². The number of likely N-dealkylation sites (N-methyl/N-ethyl adjacent to an activating group) is 2. The van der Waals surface area contributed by atoms with E-state index >= 15 is 0 Å². The zero-order chi connectivity index (χ0) is 15.2. The largest absolute Gasteiger partial charge is 0.480 e. The maximum atomic E-state index is 11.2. The van der Waals surface area contributed by atoms with Gasteiger partial charge in [-0.3, -0.25) is 9.69 Å². The van der Waals surface area contributed by atoms with Gasteiger partial charge in [-0.15, -0.1) is 0 Å². The molecule has 5 nitrogen and oxygen atoms in total. The lowest BCUT2D eigenvalue weighted by molar-refractivity contribution is -0.144. The molecule has 0 aliphatic carbocycles. The van der Waals surface area contributed by atoms with Crippen molar-refractivity contribution in [2.24, 2.45) is 0 Å². The molecule has 118 valence electrons. The third-order valence-corrected chi connectivity index (χ3v) is 4.47. The molecule has 1 fully saturated rings. The van der Waals surface area contributed by atoms with E-state index in [4.69, 9.17) is 0 Å². The first kappa shape index (κ1) is 17.4. The normalized spacial score (nSPS) is 23.1. The van der Waals surface area contributed by atoms with E-state index in [1.807, 2.05) is 0 Å². The van der Waals surface area contributed by atoms with E-state index in [0.717, 1.165) is 25.9 Å². The molecule has 5 heteroatoms. The highest BCUT2D eigenvalue weighted by molar-refractivity contribution is 5.78. The number of likely N-dealkylation sites (tertiary alicyclic amines) is 1. The summed E-state index contributed by atoms with van der Waals surface area (Å²) < 4.78 is 0. The number of carboxylic acid groups (broad SMARTS) is 1. The number of nitrogens with zero attached hydrogens (tertiary/aromatic N) is 2. The van der Waals surface area contributed by atoms with Gasteiger partial charge in [0.25, 0.3) is 0 Å². The molecule has 2 unspecified atom stereocenters. The van der Waals surface area contributed by atoms with E-state index in [1.54, 1.807) is 14.0 Å². The molecular formula is C15H31N3O2. The minimum atomic E-state index is -0.784. The van der Waals surface area contributed by atoms with Crippen molar-refractivity contribution in [2.45, 2.75) is 50.6 Å². The maximum Gasteiger partial charge on any atom is 0.323 e. The van der Waals surface area contributed by atoms with Gasteiger partial charge in [0, 0.05) is 12.6 Å². The van der Waals surface area contributed by atoms with Crippen LogP contribution in [0.15, 0.2) is 0 Å². The predicted molar refractivity (Wildman–Crippen MR) is 82.1 cm³/mol. The van der Waals surface area contributed by atoms with Crippen LogP contribution in [0, 0.1) is 0 Å². The Labute approximate surface area is 123 Å². The molecule has 0 aromatic heterocycles. The van der Waals surface area contributed by atoms with Gasteiger partial charge in [-0.2, -0.15) is 0 Å². The van der Waals surface area contributed by atoms with E-state index in [9.17, 15) is 9.90 Å². The van der Waals surface area contributed by atoms with Gasteiger partial charge < -0.3 is 15.3 Å². The number of unbranched alkanes of at least 4 members (excludes halogenated alkanes) is 1. The Morgan fingerprint density at radius 1 is 1.45 bits per heavy atom. The molecule has 1 aliphatic heterocycles. The van der Waals surface area contributed by atoms with Crippen LogP contribution in [0.5, 0.6) is 0 Å². The van der Waals surface area contributed by atoms with E-state index in [0.29, 0.717) is 12.5 Å². The van der Waals surface area contributed by atoms with Crippen molar-refractivity contribution < 1.29 is 9.90 Å². The van der Waals surface area contributed by atoms with Gasteiger partial charge >= 0.3 is 5.97 Å². The second-order valence-corrected chi connectivity index (χ2v) is 6.44. The number of hydrogen-bond acceptors (Lipinski definition) is 4. The standard InChI is InChI=1S/C15H31N3O2/c1-15(16-2,14(19)20)9-5-6-10-18-11-7-8-13(18)12-17(3)4/h13,16H,5-12H2,1-4H3,(H,19,20). The summed E-state index contributed by atoms with van der Waals surface area (Å²) in [6, 6.07) is 0.681. The number of nitrogens with one attached hydrogen (secondary N) is 1. The van der Waals surface area contributed by atoms with Gasteiger partial charge in [0.15, 0.2) is 0 Å². The molecular weight excluding hydrogens is 254 g/mol. The second kappa shape index (κ2) is 7.96. The first-order chi connectivity index (χ1) is 9.39. The SMILES string of the molecule is CNC(C)(CCCCN1CCCC1CN(C)C)C(=O)O. The Morgan fingerprint density at radius 2 is 2.15 bits per heavy atom. The summed E-state index contributed by atoms with van der Waals surface area (Å²) in [6.07, 6.45) is 5.30. The summed E-state index contributed by atoms with van der Waals surface area (Å²) in [5.74, 6) is -0.758. The molecule has 0 aromatic carbocycles. The molecule has 0 amide bonds. The lowest BCUT2D eigenvalue weighted by atomic mass is 9.95. The highest BCUT2D eigenvalue weighted by atomic mass is 16.4. The first-order valence-electron chi connectivity index (χ1n) is 7.70. The van der Waals surface area contributed by atoms with Crippen LogP contribution in [0.3, 0.4) is 0 Å². The zero-order valence-corrected chi connectivity index (χ0v) is 13.5. The fraction of sp³-hybridized carbons (Fsp3) is 0.933. The number of carbonyl (C=O) groups is 1. The van der Waals surface area contributed by atoms with Crippen LogP contribution in [0.2, 0.25) is 0 Å². The number of carboxylic acids is 1. The molecule has 0 spiro atoms. The fourth-order valence-electron chi connectivity index (χ4n) is 2.95. The topological polar surface area (TPSA) is 55.8 Å². The quantitative estimate of drug-likeness (QED) is 0.624. The first-order valence-corrected chi connectivity index (χ1v) is 7.70. The third-order valence-electron chi connectivity index (χ3n) is 4.47. The molecule has 1 heterocycles. The van der Waals surface area contributed by atoms with Crippen LogP contribution in [-0.2, 0) is 4.79 Å². The van der Waals surface area contributed by atoms with Crippen molar-refractivity contribution in [3.05, 3.63) is 0 Å². The minimum absolute atomic E-state index is 0.681. The number of aliphatic carboxylic acids is 1. The zero-order valence-electron chi connectivity index (χ0n) is 13.5. The van der Waals surface area contributed by atoms with Crippen LogP contribution in [-0.4, -0.2) is 73.2 Å². The Kier molecular flexibility index (Phi) is 6.92. The minimum Gasteiger partial charge on any atom is -0.480 e. The number of hydrogen-bond donors (Lipinski definition) is 2. The van der Waals surface area contributed by atoms with Gasteiger partial charge in [-0.05, 0) is 73.3 Å².